The molecule has 2 N–H and O–H groups in total. The van der Waals surface area contributed by atoms with Crippen molar-refractivity contribution in [1.82, 2.24) is 10.6 Å². The van der Waals surface area contributed by atoms with Gasteiger partial charge in [0.25, 0.3) is 0 Å². The molecule has 122 valence electrons. The number of methoxy groups -OCH3 is 1. The Morgan fingerprint density at radius 3 is 2.55 bits per heavy atom. The van der Waals surface area contributed by atoms with Crippen LogP contribution in [0.3, 0.4) is 0 Å². The van der Waals surface area contributed by atoms with Crippen LogP contribution >= 0.6 is 0 Å². The van der Waals surface area contributed by atoms with E-state index < -0.39 is 0 Å². The molecule has 1 fully saturated rings. The monoisotopic (exact) mass is 304 g/mol. The lowest BCUT2D eigenvalue weighted by Crippen LogP contribution is -2.44. The van der Waals surface area contributed by atoms with Gasteiger partial charge in [-0.2, -0.15) is 0 Å². The van der Waals surface area contributed by atoms with Crippen molar-refractivity contribution in [3.05, 3.63) is 35.4 Å². The Morgan fingerprint density at radius 2 is 2.00 bits per heavy atom. The van der Waals surface area contributed by atoms with E-state index in [9.17, 15) is 4.79 Å². The third-order valence-electron chi connectivity index (χ3n) is 4.32. The molecule has 4 nitrogen and oxygen atoms in total. The van der Waals surface area contributed by atoms with Crippen molar-refractivity contribution < 1.29 is 9.53 Å². The van der Waals surface area contributed by atoms with Gasteiger partial charge in [-0.3, -0.25) is 4.79 Å². The molecule has 22 heavy (non-hydrogen) atoms. The summed E-state index contributed by atoms with van der Waals surface area (Å²) in [6.07, 6.45) is 1.75. The number of carbonyl (C=O) groups excluding carboxylic acids is 1. The molecular weight excluding hydrogens is 276 g/mol. The Labute approximate surface area is 133 Å². The first-order chi connectivity index (χ1) is 10.5. The normalized spacial score (nSPS) is 22.8. The van der Waals surface area contributed by atoms with Gasteiger partial charge in [0, 0.05) is 19.7 Å². The fraction of sp³-hybridized carbons (Fsp3) is 0.611. The van der Waals surface area contributed by atoms with Crippen molar-refractivity contribution in [2.45, 2.75) is 57.7 Å². The van der Waals surface area contributed by atoms with E-state index in [0.717, 1.165) is 19.4 Å². The van der Waals surface area contributed by atoms with E-state index >= 15 is 0 Å². The molecule has 1 aromatic rings. The largest absolute Gasteiger partial charge is 0.380 e. The second-order valence-corrected chi connectivity index (χ2v) is 6.56. The summed E-state index contributed by atoms with van der Waals surface area (Å²) >= 11 is 0. The molecule has 0 spiro atoms. The highest BCUT2D eigenvalue weighted by molar-refractivity contribution is 5.82. The van der Waals surface area contributed by atoms with Crippen molar-refractivity contribution in [3.63, 3.8) is 0 Å². The minimum atomic E-state index is -0.129. The fourth-order valence-corrected chi connectivity index (χ4v) is 2.87. The molecular formula is C18H28N2O2. The number of amides is 1. The van der Waals surface area contributed by atoms with Crippen LogP contribution in [0, 0.1) is 0 Å². The zero-order valence-corrected chi connectivity index (χ0v) is 14.1. The van der Waals surface area contributed by atoms with Gasteiger partial charge in [0.1, 0.15) is 0 Å². The predicted molar refractivity (Wildman–Crippen MR) is 89.0 cm³/mol. The van der Waals surface area contributed by atoms with E-state index in [0.29, 0.717) is 5.92 Å². The summed E-state index contributed by atoms with van der Waals surface area (Å²) in [5.74, 6) is 0.624. The van der Waals surface area contributed by atoms with Gasteiger partial charge >= 0.3 is 0 Å². The lowest BCUT2D eigenvalue weighted by molar-refractivity contribution is -0.123. The third kappa shape index (κ3) is 4.55. The molecule has 4 heteroatoms. The Morgan fingerprint density at radius 1 is 1.32 bits per heavy atom. The van der Waals surface area contributed by atoms with E-state index in [2.05, 4.69) is 55.7 Å². The highest BCUT2D eigenvalue weighted by Gasteiger charge is 2.29. The van der Waals surface area contributed by atoms with Crippen LogP contribution < -0.4 is 10.6 Å². The van der Waals surface area contributed by atoms with E-state index in [1.807, 2.05) is 0 Å². The Balaban J connectivity index is 1.82. The molecule has 1 aromatic carbocycles. The maximum absolute atomic E-state index is 12.2. The molecule has 0 unspecified atom stereocenters. The van der Waals surface area contributed by atoms with Crippen molar-refractivity contribution in [2.24, 2.45) is 0 Å². The number of hydrogen-bond donors (Lipinski definition) is 2. The number of carbonyl (C=O) groups is 1. The lowest BCUT2D eigenvalue weighted by atomic mass is 9.99. The molecule has 0 bridgehead atoms. The van der Waals surface area contributed by atoms with Crippen molar-refractivity contribution in [3.8, 4) is 0 Å². The van der Waals surface area contributed by atoms with E-state index in [1.165, 1.54) is 11.1 Å². The van der Waals surface area contributed by atoms with Crippen LogP contribution in [0.2, 0.25) is 0 Å². The highest BCUT2D eigenvalue weighted by Crippen LogP contribution is 2.16. The van der Waals surface area contributed by atoms with Crippen LogP contribution in [0.4, 0.5) is 0 Å². The van der Waals surface area contributed by atoms with Gasteiger partial charge in [-0.25, -0.2) is 0 Å². The maximum Gasteiger partial charge on any atom is 0.237 e. The first kappa shape index (κ1) is 17.0. The highest BCUT2D eigenvalue weighted by atomic mass is 16.5. The van der Waals surface area contributed by atoms with E-state index in [1.54, 1.807) is 7.11 Å². The van der Waals surface area contributed by atoms with Crippen molar-refractivity contribution in [1.29, 1.82) is 0 Å². The number of nitrogens with one attached hydrogen (secondary N) is 2. The number of hydrogen-bond acceptors (Lipinski definition) is 3. The molecule has 0 aromatic heterocycles. The number of benzene rings is 1. The minimum Gasteiger partial charge on any atom is -0.380 e. The molecule has 1 aliphatic rings. The van der Waals surface area contributed by atoms with Crippen LogP contribution in [0.25, 0.3) is 0 Å². The van der Waals surface area contributed by atoms with Crippen LogP contribution in [0.5, 0.6) is 0 Å². The molecule has 1 saturated heterocycles. The fourth-order valence-electron chi connectivity index (χ4n) is 2.87. The van der Waals surface area contributed by atoms with Gasteiger partial charge in [0.15, 0.2) is 0 Å². The molecule has 1 aliphatic heterocycles. The molecule has 0 radical (unpaired) electrons. The zero-order valence-electron chi connectivity index (χ0n) is 14.1. The summed E-state index contributed by atoms with van der Waals surface area (Å²) in [6.45, 7) is 7.19. The molecule has 0 aliphatic carbocycles. The van der Waals surface area contributed by atoms with Crippen LogP contribution in [0.1, 0.15) is 44.2 Å². The van der Waals surface area contributed by atoms with Crippen LogP contribution in [0.15, 0.2) is 24.3 Å². The Kier molecular flexibility index (Phi) is 5.98. The van der Waals surface area contributed by atoms with Gasteiger partial charge in [-0.1, -0.05) is 38.1 Å². The number of rotatable bonds is 6. The first-order valence-electron chi connectivity index (χ1n) is 8.15. The van der Waals surface area contributed by atoms with Crippen molar-refractivity contribution in [2.75, 3.05) is 13.7 Å². The molecule has 0 saturated carbocycles. The van der Waals surface area contributed by atoms with Gasteiger partial charge in [-0.05, 0) is 36.8 Å². The minimum absolute atomic E-state index is 0.0749. The standard InChI is InChI=1S/C18H28N2O2/c1-12(2)15-7-5-14(6-8-15)9-13(3)20-18(21)17-10-16(22-4)11-19-17/h5-8,12-13,16-17,19H,9-11H2,1-4H3,(H,20,21)/t13-,16-,17+/m0/s1. The first-order valence-corrected chi connectivity index (χ1v) is 8.15. The molecule has 1 heterocycles. The molecule has 3 atom stereocenters. The van der Waals surface area contributed by atoms with E-state index in [4.69, 9.17) is 4.74 Å². The second-order valence-electron chi connectivity index (χ2n) is 6.56. The third-order valence-corrected chi connectivity index (χ3v) is 4.32. The topological polar surface area (TPSA) is 50.4 Å². The summed E-state index contributed by atoms with van der Waals surface area (Å²) in [5.41, 5.74) is 2.60. The van der Waals surface area contributed by atoms with Crippen LogP contribution in [-0.4, -0.2) is 37.7 Å². The smallest absolute Gasteiger partial charge is 0.237 e. The van der Waals surface area contributed by atoms with Gasteiger partial charge < -0.3 is 15.4 Å². The van der Waals surface area contributed by atoms with E-state index in [-0.39, 0.29) is 24.1 Å². The molecule has 2 rings (SSSR count). The second kappa shape index (κ2) is 7.75. The summed E-state index contributed by atoms with van der Waals surface area (Å²) < 4.78 is 5.28. The zero-order chi connectivity index (χ0) is 16.1. The van der Waals surface area contributed by atoms with Gasteiger partial charge in [0.2, 0.25) is 5.91 Å². The van der Waals surface area contributed by atoms with Crippen molar-refractivity contribution >= 4 is 5.91 Å². The average Bonchev–Trinajstić information content (AvgIpc) is 2.96. The SMILES string of the molecule is CO[C@@H]1CN[C@@H](C(=O)N[C@@H](C)Cc2ccc(C(C)C)cc2)C1. The summed E-state index contributed by atoms with van der Waals surface area (Å²) in [4.78, 5) is 12.2. The predicted octanol–water partition coefficient (Wildman–Crippen LogP) is 2.23. The van der Waals surface area contributed by atoms with Crippen LogP contribution in [-0.2, 0) is 16.0 Å². The quantitative estimate of drug-likeness (QED) is 0.847. The summed E-state index contributed by atoms with van der Waals surface area (Å²) in [7, 11) is 1.69. The lowest BCUT2D eigenvalue weighted by Gasteiger charge is -2.18. The summed E-state index contributed by atoms with van der Waals surface area (Å²) in [6, 6.07) is 8.67. The Hall–Kier alpha value is -1.39. The number of ether oxygens (including phenoxy) is 1. The van der Waals surface area contributed by atoms with Gasteiger partial charge in [0.05, 0.1) is 12.1 Å². The van der Waals surface area contributed by atoms with Gasteiger partial charge in [-0.15, -0.1) is 0 Å². The maximum atomic E-state index is 12.2. The average molecular weight is 304 g/mol. The molecule has 1 amide bonds. The Bertz CT molecular complexity index is 484. The summed E-state index contributed by atoms with van der Waals surface area (Å²) in [5, 5.41) is 6.30.